The molecule has 0 aliphatic heterocycles. The van der Waals surface area contributed by atoms with Crippen LogP contribution in [0.1, 0.15) is 18.9 Å². The summed E-state index contributed by atoms with van der Waals surface area (Å²) in [4.78, 5) is 24.2. The second-order valence-corrected chi connectivity index (χ2v) is 6.92. The van der Waals surface area contributed by atoms with Crippen LogP contribution in [0.5, 0.6) is 11.5 Å². The number of methoxy groups -OCH3 is 2. The average molecular weight is 438 g/mol. The Morgan fingerprint density at radius 2 is 1.69 bits per heavy atom. The van der Waals surface area contributed by atoms with E-state index >= 15 is 0 Å². The van der Waals surface area contributed by atoms with Crippen LogP contribution in [-0.2, 0) is 16.0 Å². The van der Waals surface area contributed by atoms with Crippen LogP contribution in [-0.4, -0.2) is 31.7 Å². The highest BCUT2D eigenvalue weighted by Crippen LogP contribution is 2.27. The number of benzene rings is 2. The van der Waals surface area contributed by atoms with Gasteiger partial charge in [0.15, 0.2) is 11.5 Å². The van der Waals surface area contributed by atoms with Crippen LogP contribution >= 0.6 is 23.2 Å². The van der Waals surface area contributed by atoms with Gasteiger partial charge >= 0.3 is 0 Å². The number of nitrogens with one attached hydrogen (secondary N) is 2. The van der Waals surface area contributed by atoms with E-state index in [1.165, 1.54) is 7.11 Å². The van der Waals surface area contributed by atoms with Gasteiger partial charge in [-0.05, 0) is 42.8 Å². The lowest BCUT2D eigenvalue weighted by Crippen LogP contribution is -2.23. The second kappa shape index (κ2) is 10.7. The molecule has 2 amide bonds. The van der Waals surface area contributed by atoms with Crippen molar-refractivity contribution in [2.24, 2.45) is 5.10 Å². The quantitative estimate of drug-likeness (QED) is 0.480. The Balaban J connectivity index is 1.87. The minimum atomic E-state index is -0.318. The van der Waals surface area contributed by atoms with E-state index in [1.807, 2.05) is 0 Å². The summed E-state index contributed by atoms with van der Waals surface area (Å²) in [5.74, 6) is 0.509. The lowest BCUT2D eigenvalue weighted by atomic mass is 10.1. The number of carbonyl (C=O) groups excluding carboxylic acids is 2. The Bertz CT molecular complexity index is 932. The first-order valence-corrected chi connectivity index (χ1v) is 9.35. The molecule has 0 spiro atoms. The first-order chi connectivity index (χ1) is 13.8. The van der Waals surface area contributed by atoms with Crippen LogP contribution in [0, 0.1) is 0 Å². The first-order valence-electron chi connectivity index (χ1n) is 8.60. The number of rotatable bonds is 8. The van der Waals surface area contributed by atoms with Crippen molar-refractivity contribution in [2.45, 2.75) is 19.8 Å². The Morgan fingerprint density at radius 3 is 2.34 bits per heavy atom. The van der Waals surface area contributed by atoms with Crippen LogP contribution < -0.4 is 20.2 Å². The summed E-state index contributed by atoms with van der Waals surface area (Å²) >= 11 is 11.8. The lowest BCUT2D eigenvalue weighted by molar-refractivity contribution is -0.120. The van der Waals surface area contributed by atoms with E-state index in [9.17, 15) is 9.59 Å². The molecule has 0 fully saturated rings. The molecule has 0 atom stereocenters. The zero-order valence-electron chi connectivity index (χ0n) is 16.2. The SMILES string of the molecule is COc1ccc(CC(=O)NN=C(C)CC(=O)Nc2ccc(Cl)c(Cl)c2)cc1OC. The molecule has 0 aliphatic rings. The maximum atomic E-state index is 12.1. The standard InChI is InChI=1S/C20H21Cl2N3O4/c1-12(8-19(26)23-14-5-6-15(21)16(22)11-14)24-25-20(27)10-13-4-7-17(28-2)18(9-13)29-3/h4-7,9,11H,8,10H2,1-3H3,(H,23,26)(H,25,27). The molecular formula is C20H21Cl2N3O4. The molecule has 154 valence electrons. The fourth-order valence-electron chi connectivity index (χ4n) is 2.42. The van der Waals surface area contributed by atoms with Gasteiger partial charge in [0.25, 0.3) is 0 Å². The molecule has 2 aromatic rings. The molecule has 0 heterocycles. The summed E-state index contributed by atoms with van der Waals surface area (Å²) in [5, 5.41) is 7.40. The van der Waals surface area contributed by atoms with Gasteiger partial charge in [-0.15, -0.1) is 0 Å². The average Bonchev–Trinajstić information content (AvgIpc) is 2.69. The number of carbonyl (C=O) groups is 2. The maximum Gasteiger partial charge on any atom is 0.244 e. The molecule has 0 saturated heterocycles. The van der Waals surface area contributed by atoms with Gasteiger partial charge < -0.3 is 14.8 Å². The van der Waals surface area contributed by atoms with E-state index in [1.54, 1.807) is 50.4 Å². The zero-order valence-corrected chi connectivity index (χ0v) is 17.7. The summed E-state index contributed by atoms with van der Waals surface area (Å²) in [6, 6.07) is 10.0. The Labute approximate surface area is 179 Å². The van der Waals surface area contributed by atoms with Crippen molar-refractivity contribution in [3.63, 3.8) is 0 Å². The molecule has 29 heavy (non-hydrogen) atoms. The second-order valence-electron chi connectivity index (χ2n) is 6.10. The van der Waals surface area contributed by atoms with Gasteiger partial charge in [0.05, 0.1) is 37.1 Å². The van der Waals surface area contributed by atoms with Gasteiger partial charge in [0.1, 0.15) is 0 Å². The molecule has 2 aromatic carbocycles. The molecule has 0 radical (unpaired) electrons. The van der Waals surface area contributed by atoms with E-state index in [2.05, 4.69) is 15.8 Å². The number of ether oxygens (including phenoxy) is 2. The predicted octanol–water partition coefficient (Wildman–Crippen LogP) is 4.07. The summed E-state index contributed by atoms with van der Waals surface area (Å²) in [6.07, 6.45) is 0.115. The molecule has 0 aliphatic carbocycles. The van der Waals surface area contributed by atoms with E-state index in [4.69, 9.17) is 32.7 Å². The van der Waals surface area contributed by atoms with Gasteiger partial charge in [-0.3, -0.25) is 9.59 Å². The van der Waals surface area contributed by atoms with E-state index in [0.717, 1.165) is 5.56 Å². The van der Waals surface area contributed by atoms with Crippen LogP contribution in [0.2, 0.25) is 10.0 Å². The summed E-state index contributed by atoms with van der Waals surface area (Å²) in [5.41, 5.74) is 4.15. The van der Waals surface area contributed by atoms with Gasteiger partial charge in [0.2, 0.25) is 11.8 Å². The normalized spacial score (nSPS) is 11.0. The monoisotopic (exact) mass is 437 g/mol. The van der Waals surface area contributed by atoms with Crippen LogP contribution in [0.4, 0.5) is 5.69 Å². The van der Waals surface area contributed by atoms with Crippen LogP contribution in [0.15, 0.2) is 41.5 Å². The van der Waals surface area contributed by atoms with Crippen molar-refractivity contribution in [1.82, 2.24) is 5.43 Å². The van der Waals surface area contributed by atoms with E-state index in [-0.39, 0.29) is 24.7 Å². The zero-order chi connectivity index (χ0) is 21.4. The van der Waals surface area contributed by atoms with Gasteiger partial charge in [-0.1, -0.05) is 29.3 Å². The Hall–Kier alpha value is -2.77. The fraction of sp³-hybridized carbons (Fsp3) is 0.250. The number of hydrogen-bond donors (Lipinski definition) is 2. The highest BCUT2D eigenvalue weighted by molar-refractivity contribution is 6.42. The topological polar surface area (TPSA) is 89.0 Å². The third kappa shape index (κ3) is 6.96. The number of nitrogens with zero attached hydrogens (tertiary/aromatic N) is 1. The minimum Gasteiger partial charge on any atom is -0.493 e. The van der Waals surface area contributed by atoms with Gasteiger partial charge in [-0.2, -0.15) is 5.10 Å². The highest BCUT2D eigenvalue weighted by atomic mass is 35.5. The van der Waals surface area contributed by atoms with E-state index < -0.39 is 0 Å². The number of hydrogen-bond acceptors (Lipinski definition) is 5. The Morgan fingerprint density at radius 1 is 0.966 bits per heavy atom. The molecule has 2 rings (SSSR count). The molecule has 0 saturated carbocycles. The van der Waals surface area contributed by atoms with Crippen LogP contribution in [0.25, 0.3) is 0 Å². The van der Waals surface area contributed by atoms with Crippen molar-refractivity contribution in [2.75, 3.05) is 19.5 Å². The van der Waals surface area contributed by atoms with Crippen molar-refractivity contribution >= 4 is 46.4 Å². The lowest BCUT2D eigenvalue weighted by Gasteiger charge is -2.09. The van der Waals surface area contributed by atoms with E-state index in [0.29, 0.717) is 32.9 Å². The maximum absolute atomic E-state index is 12.1. The fourth-order valence-corrected chi connectivity index (χ4v) is 2.72. The van der Waals surface area contributed by atoms with Crippen molar-refractivity contribution in [3.05, 3.63) is 52.0 Å². The molecule has 9 heteroatoms. The molecule has 0 unspecified atom stereocenters. The number of amides is 2. The largest absolute Gasteiger partial charge is 0.493 e. The number of hydrazone groups is 1. The molecule has 0 aromatic heterocycles. The first kappa shape index (κ1) is 22.5. The highest BCUT2D eigenvalue weighted by Gasteiger charge is 2.09. The van der Waals surface area contributed by atoms with Crippen molar-refractivity contribution in [1.29, 1.82) is 0 Å². The van der Waals surface area contributed by atoms with Gasteiger partial charge in [-0.25, -0.2) is 5.43 Å². The third-order valence-electron chi connectivity index (χ3n) is 3.80. The Kier molecular flexibility index (Phi) is 8.30. The van der Waals surface area contributed by atoms with Crippen LogP contribution in [0.3, 0.4) is 0 Å². The molecular weight excluding hydrogens is 417 g/mol. The predicted molar refractivity (Wildman–Crippen MR) is 114 cm³/mol. The van der Waals surface area contributed by atoms with Gasteiger partial charge in [0, 0.05) is 11.4 Å². The third-order valence-corrected chi connectivity index (χ3v) is 4.54. The van der Waals surface area contributed by atoms with Crippen molar-refractivity contribution < 1.29 is 19.1 Å². The molecule has 0 bridgehead atoms. The number of halogens is 2. The minimum absolute atomic E-state index is 0.0108. The smallest absolute Gasteiger partial charge is 0.244 e. The van der Waals surface area contributed by atoms with Crippen molar-refractivity contribution in [3.8, 4) is 11.5 Å². The number of anilines is 1. The summed E-state index contributed by atoms with van der Waals surface area (Å²) in [6.45, 7) is 1.64. The molecule has 7 nitrogen and oxygen atoms in total. The molecule has 2 N–H and O–H groups in total. The summed E-state index contributed by atoms with van der Waals surface area (Å²) < 4.78 is 10.4. The summed E-state index contributed by atoms with van der Waals surface area (Å²) in [7, 11) is 3.07.